The third-order valence-electron chi connectivity index (χ3n) is 3.66. The second-order valence-electron chi connectivity index (χ2n) is 4.89. The van der Waals surface area contributed by atoms with Gasteiger partial charge in [0.25, 0.3) is 0 Å². The number of rotatable bonds is 0. The highest BCUT2D eigenvalue weighted by molar-refractivity contribution is 7.86. The monoisotopic (exact) mass is 280 g/mol. The van der Waals surface area contributed by atoms with Gasteiger partial charge in [-0.15, -0.1) is 0 Å². The van der Waals surface area contributed by atoms with Crippen LogP contribution in [0.4, 0.5) is 5.69 Å². The molecule has 4 heteroatoms. The first-order valence-electron chi connectivity index (χ1n) is 6.42. The summed E-state index contributed by atoms with van der Waals surface area (Å²) < 4.78 is 15.6. The Morgan fingerprint density at radius 3 is 2.85 bits per heavy atom. The summed E-state index contributed by atoms with van der Waals surface area (Å²) in [6.07, 6.45) is 1.76. The average Bonchev–Trinajstić information content (AvgIpc) is 2.47. The normalized spacial score (nSPS) is 16.4. The van der Waals surface area contributed by atoms with Crippen molar-refractivity contribution in [3.8, 4) is 11.1 Å². The minimum absolute atomic E-state index is 0.861. The maximum atomic E-state index is 12.5. The first-order valence-corrected chi connectivity index (χ1v) is 7.57. The molecule has 3 aromatic rings. The summed E-state index contributed by atoms with van der Waals surface area (Å²) in [4.78, 5) is 5.30. The van der Waals surface area contributed by atoms with Crippen LogP contribution in [-0.2, 0) is 11.0 Å². The lowest BCUT2D eigenvalue weighted by Crippen LogP contribution is -2.14. The summed E-state index contributed by atoms with van der Waals surface area (Å²) in [5.41, 5.74) is 4.87. The quantitative estimate of drug-likeness (QED) is 0.683. The number of pyridine rings is 1. The number of aromatic nitrogens is 1. The molecule has 0 saturated carbocycles. The van der Waals surface area contributed by atoms with Gasteiger partial charge >= 0.3 is 0 Å². The van der Waals surface area contributed by atoms with E-state index >= 15 is 0 Å². The smallest absolute Gasteiger partial charge is 0.151 e. The molecule has 1 atom stereocenters. The zero-order chi connectivity index (χ0) is 13.7. The Morgan fingerprint density at radius 1 is 1.05 bits per heavy atom. The summed E-state index contributed by atoms with van der Waals surface area (Å²) >= 11 is 0. The average molecular weight is 280 g/mol. The van der Waals surface area contributed by atoms with Gasteiger partial charge in [0, 0.05) is 22.7 Å². The van der Waals surface area contributed by atoms with Crippen LogP contribution in [0.3, 0.4) is 0 Å². The molecule has 1 N–H and O–H groups in total. The summed E-state index contributed by atoms with van der Waals surface area (Å²) in [6, 6.07) is 14.1. The second kappa shape index (κ2) is 4.15. The summed E-state index contributed by atoms with van der Waals surface area (Å²) in [5, 5.41) is 1.05. The van der Waals surface area contributed by atoms with Gasteiger partial charge in [0.1, 0.15) is 0 Å². The standard InChI is InChI=1S/C16H12N2OS/c1-10-4-2-6-13-12-8-7-11-5-3-9-17-14(11)15(12)18-20(19)16(10)13/h2-9,18H,1H3. The number of benzene rings is 2. The number of aryl methyl sites for hydroxylation is 1. The molecule has 2 heterocycles. The highest BCUT2D eigenvalue weighted by Crippen LogP contribution is 2.41. The van der Waals surface area contributed by atoms with Crippen molar-refractivity contribution in [3.05, 3.63) is 54.2 Å². The van der Waals surface area contributed by atoms with Gasteiger partial charge in [0.15, 0.2) is 11.0 Å². The molecular weight excluding hydrogens is 268 g/mol. The van der Waals surface area contributed by atoms with Gasteiger partial charge in [0.05, 0.1) is 16.1 Å². The van der Waals surface area contributed by atoms with Crippen LogP contribution in [0.25, 0.3) is 22.0 Å². The van der Waals surface area contributed by atoms with Gasteiger partial charge in [-0.2, -0.15) is 0 Å². The topological polar surface area (TPSA) is 42.0 Å². The van der Waals surface area contributed by atoms with Gasteiger partial charge < -0.3 is 0 Å². The van der Waals surface area contributed by atoms with Crippen molar-refractivity contribution < 1.29 is 4.21 Å². The summed E-state index contributed by atoms with van der Waals surface area (Å²) in [6.45, 7) is 1.99. The molecule has 0 fully saturated rings. The predicted molar refractivity (Wildman–Crippen MR) is 81.9 cm³/mol. The number of anilines is 1. The van der Waals surface area contributed by atoms with Crippen molar-refractivity contribution in [2.24, 2.45) is 0 Å². The molecule has 1 aliphatic heterocycles. The third kappa shape index (κ3) is 1.51. The Bertz CT molecular complexity index is 873. The van der Waals surface area contributed by atoms with Crippen LogP contribution in [-0.4, -0.2) is 9.19 Å². The van der Waals surface area contributed by atoms with Crippen molar-refractivity contribution in [1.29, 1.82) is 0 Å². The lowest BCUT2D eigenvalue weighted by molar-refractivity contribution is 0.686. The van der Waals surface area contributed by atoms with Crippen LogP contribution >= 0.6 is 0 Å². The molecule has 98 valence electrons. The Labute approximate surface area is 119 Å². The molecule has 1 unspecified atom stereocenters. The molecule has 0 spiro atoms. The van der Waals surface area contributed by atoms with E-state index in [-0.39, 0.29) is 0 Å². The largest absolute Gasteiger partial charge is 0.298 e. The molecule has 2 aromatic carbocycles. The molecule has 0 amide bonds. The van der Waals surface area contributed by atoms with E-state index in [1.807, 2.05) is 37.3 Å². The number of nitrogens with zero attached hydrogens (tertiary/aromatic N) is 1. The number of hydrogen-bond acceptors (Lipinski definition) is 2. The van der Waals surface area contributed by atoms with Crippen molar-refractivity contribution in [2.45, 2.75) is 11.8 Å². The van der Waals surface area contributed by atoms with Crippen LogP contribution in [0.1, 0.15) is 5.56 Å². The fourth-order valence-electron chi connectivity index (χ4n) is 2.73. The van der Waals surface area contributed by atoms with Gasteiger partial charge in [-0.05, 0) is 18.6 Å². The lowest BCUT2D eigenvalue weighted by atomic mass is 9.99. The first-order chi connectivity index (χ1) is 9.75. The summed E-state index contributed by atoms with van der Waals surface area (Å²) in [5.74, 6) is 0. The molecule has 1 aliphatic rings. The van der Waals surface area contributed by atoms with E-state index in [9.17, 15) is 4.21 Å². The molecule has 4 rings (SSSR count). The molecule has 20 heavy (non-hydrogen) atoms. The van der Waals surface area contributed by atoms with Crippen LogP contribution in [0, 0.1) is 6.92 Å². The van der Waals surface area contributed by atoms with Crippen LogP contribution in [0.15, 0.2) is 53.6 Å². The molecule has 0 bridgehead atoms. The fourth-order valence-corrected chi connectivity index (χ4v) is 3.96. The second-order valence-corrected chi connectivity index (χ2v) is 6.04. The third-order valence-corrected chi connectivity index (χ3v) is 4.96. The summed E-state index contributed by atoms with van der Waals surface area (Å²) in [7, 11) is -1.23. The predicted octanol–water partition coefficient (Wildman–Crippen LogP) is 3.66. The Hall–Kier alpha value is -2.20. The van der Waals surface area contributed by atoms with E-state index in [1.54, 1.807) is 6.20 Å². The maximum Gasteiger partial charge on any atom is 0.151 e. The van der Waals surface area contributed by atoms with E-state index in [1.165, 1.54) is 0 Å². The highest BCUT2D eigenvalue weighted by atomic mass is 32.2. The van der Waals surface area contributed by atoms with Crippen molar-refractivity contribution in [1.82, 2.24) is 4.98 Å². The minimum atomic E-state index is -1.23. The zero-order valence-corrected chi connectivity index (χ0v) is 11.7. The fraction of sp³-hybridized carbons (Fsp3) is 0.0625. The van der Waals surface area contributed by atoms with E-state index in [0.29, 0.717) is 0 Å². The molecular formula is C16H12N2OS. The number of fused-ring (bicyclic) bond motifs is 5. The zero-order valence-electron chi connectivity index (χ0n) is 10.9. The first kappa shape index (κ1) is 11.6. The highest BCUT2D eigenvalue weighted by Gasteiger charge is 2.24. The lowest BCUT2D eigenvalue weighted by Gasteiger charge is -2.23. The number of nitrogens with one attached hydrogen (secondary N) is 1. The SMILES string of the molecule is Cc1cccc2c1S(=O)Nc1c-2ccc2cccnc12. The molecule has 0 saturated heterocycles. The minimum Gasteiger partial charge on any atom is -0.298 e. The van der Waals surface area contributed by atoms with Crippen molar-refractivity contribution in [2.75, 3.05) is 4.72 Å². The Morgan fingerprint density at radius 2 is 1.95 bits per heavy atom. The maximum absolute atomic E-state index is 12.5. The van der Waals surface area contributed by atoms with Gasteiger partial charge in [-0.1, -0.05) is 36.4 Å². The molecule has 3 nitrogen and oxygen atoms in total. The van der Waals surface area contributed by atoms with E-state index in [4.69, 9.17) is 0 Å². The van der Waals surface area contributed by atoms with Crippen LogP contribution in [0.2, 0.25) is 0 Å². The molecule has 0 aliphatic carbocycles. The van der Waals surface area contributed by atoms with Crippen molar-refractivity contribution in [3.63, 3.8) is 0 Å². The van der Waals surface area contributed by atoms with E-state index in [0.717, 1.165) is 38.2 Å². The van der Waals surface area contributed by atoms with Gasteiger partial charge in [-0.25, -0.2) is 4.21 Å². The van der Waals surface area contributed by atoms with E-state index < -0.39 is 11.0 Å². The van der Waals surface area contributed by atoms with E-state index in [2.05, 4.69) is 21.8 Å². The van der Waals surface area contributed by atoms with Crippen molar-refractivity contribution >= 4 is 27.6 Å². The molecule has 0 radical (unpaired) electrons. The van der Waals surface area contributed by atoms with Crippen LogP contribution in [0.5, 0.6) is 0 Å². The van der Waals surface area contributed by atoms with Gasteiger partial charge in [-0.3, -0.25) is 9.71 Å². The number of hydrogen-bond donors (Lipinski definition) is 1. The molecule has 1 aromatic heterocycles. The van der Waals surface area contributed by atoms with Gasteiger partial charge in [0.2, 0.25) is 0 Å². The Kier molecular flexibility index (Phi) is 2.41. The Balaban J connectivity index is 2.13. The van der Waals surface area contributed by atoms with Crippen LogP contribution < -0.4 is 4.72 Å².